The Labute approximate surface area is 127 Å². The monoisotopic (exact) mass is 322 g/mol. The van der Waals surface area contributed by atoms with Gasteiger partial charge in [-0.2, -0.15) is 0 Å². The third-order valence-electron chi connectivity index (χ3n) is 4.16. The maximum atomic E-state index is 14.7. The quantitative estimate of drug-likeness (QED) is 0.694. The van der Waals surface area contributed by atoms with Crippen molar-refractivity contribution >= 4 is 12.0 Å². The summed E-state index contributed by atoms with van der Waals surface area (Å²) in [6, 6.07) is -1.20. The van der Waals surface area contributed by atoms with E-state index in [1.165, 1.54) is 6.92 Å². The van der Waals surface area contributed by atoms with Crippen LogP contribution in [0.15, 0.2) is 0 Å². The van der Waals surface area contributed by atoms with Gasteiger partial charge in [-0.3, -0.25) is 10.1 Å². The molecule has 2 aliphatic heterocycles. The number of halogens is 3. The number of alkyl halides is 3. The van der Waals surface area contributed by atoms with Crippen LogP contribution in [-0.4, -0.2) is 53.7 Å². The van der Waals surface area contributed by atoms with Crippen molar-refractivity contribution in [3.05, 3.63) is 0 Å². The summed E-state index contributed by atoms with van der Waals surface area (Å²) < 4.78 is 47.7. The summed E-state index contributed by atoms with van der Waals surface area (Å²) in [6.07, 6.45) is -7.72. The molecule has 2 rings (SSSR count). The summed E-state index contributed by atoms with van der Waals surface area (Å²) in [4.78, 5) is 25.2. The van der Waals surface area contributed by atoms with E-state index in [9.17, 15) is 22.8 Å². The zero-order chi connectivity index (χ0) is 16.9. The number of likely N-dealkylation sites (tertiary alicyclic amines) is 1. The van der Waals surface area contributed by atoms with Crippen LogP contribution in [0.5, 0.6) is 0 Å². The van der Waals surface area contributed by atoms with Crippen molar-refractivity contribution in [2.24, 2.45) is 5.41 Å². The van der Waals surface area contributed by atoms with Crippen molar-refractivity contribution in [1.29, 1.82) is 0 Å². The van der Waals surface area contributed by atoms with Gasteiger partial charge in [0.1, 0.15) is 17.2 Å². The van der Waals surface area contributed by atoms with Crippen LogP contribution in [0.4, 0.5) is 18.0 Å². The van der Waals surface area contributed by atoms with Crippen LogP contribution < -0.4 is 5.32 Å². The highest BCUT2D eigenvalue weighted by molar-refractivity contribution is 5.99. The summed E-state index contributed by atoms with van der Waals surface area (Å²) in [6.45, 7) is 6.04. The maximum absolute atomic E-state index is 14.7. The van der Waals surface area contributed by atoms with Gasteiger partial charge in [0.05, 0.1) is 6.04 Å². The molecule has 1 spiro atoms. The van der Waals surface area contributed by atoms with E-state index in [0.717, 1.165) is 0 Å². The highest BCUT2D eigenvalue weighted by Gasteiger charge is 2.67. The molecule has 2 saturated heterocycles. The molecule has 0 aromatic rings. The number of carbonyl (C=O) groups is 2. The molecule has 1 N–H and O–H groups in total. The van der Waals surface area contributed by atoms with E-state index < -0.39 is 47.7 Å². The van der Waals surface area contributed by atoms with Gasteiger partial charge in [0.2, 0.25) is 5.91 Å². The van der Waals surface area contributed by atoms with Crippen LogP contribution in [0.1, 0.15) is 34.1 Å². The van der Waals surface area contributed by atoms with E-state index in [1.807, 2.05) is 0 Å². The van der Waals surface area contributed by atoms with E-state index in [0.29, 0.717) is 4.90 Å². The fraction of sp³-hybridized carbons (Fsp3) is 0.857. The van der Waals surface area contributed by atoms with Crippen molar-refractivity contribution in [3.63, 3.8) is 0 Å². The van der Waals surface area contributed by atoms with Gasteiger partial charge < -0.3 is 4.74 Å². The van der Waals surface area contributed by atoms with Gasteiger partial charge in [0.15, 0.2) is 12.5 Å². The molecule has 5 atom stereocenters. The second-order valence-corrected chi connectivity index (χ2v) is 6.85. The first kappa shape index (κ1) is 17.1. The molecule has 5 nitrogen and oxygen atoms in total. The molecule has 5 unspecified atom stereocenters. The van der Waals surface area contributed by atoms with Gasteiger partial charge in [0.25, 0.3) is 0 Å². The van der Waals surface area contributed by atoms with Gasteiger partial charge in [-0.25, -0.2) is 22.9 Å². The number of ether oxygens (including phenoxy) is 1. The van der Waals surface area contributed by atoms with Crippen molar-refractivity contribution in [3.8, 4) is 0 Å². The number of hydrogen-bond acceptors (Lipinski definition) is 4. The smallest absolute Gasteiger partial charge is 0.417 e. The Kier molecular flexibility index (Phi) is 4.18. The number of nitrogens with one attached hydrogen (secondary N) is 1. The summed E-state index contributed by atoms with van der Waals surface area (Å²) in [7, 11) is 0. The minimum absolute atomic E-state index is 0.0391. The Morgan fingerprint density at radius 2 is 1.91 bits per heavy atom. The van der Waals surface area contributed by atoms with Crippen molar-refractivity contribution < 1.29 is 27.5 Å². The topological polar surface area (TPSA) is 58.6 Å². The van der Waals surface area contributed by atoms with E-state index in [-0.39, 0.29) is 13.0 Å². The second-order valence-electron chi connectivity index (χ2n) is 6.85. The molecule has 22 heavy (non-hydrogen) atoms. The molecule has 126 valence electrons. The number of nitrogens with zero attached hydrogens (tertiary/aromatic N) is 1. The molecule has 2 aliphatic rings. The SMILES string of the molecule is CC1C(F)C2(CCNC(F)C2F)C(=O)N1C(=O)OC(C)(C)C. The summed E-state index contributed by atoms with van der Waals surface area (Å²) >= 11 is 0. The Morgan fingerprint density at radius 3 is 2.45 bits per heavy atom. The highest BCUT2D eigenvalue weighted by Crippen LogP contribution is 2.48. The standard InChI is InChI=1S/C14H21F3N2O3/c1-7-8(15)14(5-6-18-10(17)9(14)16)11(20)19(7)12(21)22-13(2,3)4/h7-10,18H,5-6H2,1-4H3. The Hall–Kier alpha value is -1.31. The highest BCUT2D eigenvalue weighted by atomic mass is 19.2. The van der Waals surface area contributed by atoms with Crippen LogP contribution in [0.2, 0.25) is 0 Å². The molecule has 0 saturated carbocycles. The third kappa shape index (κ3) is 2.47. The summed E-state index contributed by atoms with van der Waals surface area (Å²) in [5.74, 6) is -1.04. The first-order valence-electron chi connectivity index (χ1n) is 7.24. The Bertz CT molecular complexity index is 482. The lowest BCUT2D eigenvalue weighted by Gasteiger charge is -2.38. The molecule has 2 heterocycles. The molecule has 0 aromatic heterocycles. The van der Waals surface area contributed by atoms with Crippen LogP contribution in [0, 0.1) is 5.41 Å². The third-order valence-corrected chi connectivity index (χ3v) is 4.16. The first-order chi connectivity index (χ1) is 10.0. The summed E-state index contributed by atoms with van der Waals surface area (Å²) in [5, 5.41) is 2.23. The minimum Gasteiger partial charge on any atom is -0.443 e. The maximum Gasteiger partial charge on any atom is 0.417 e. The molecular formula is C14H21F3N2O3. The second kappa shape index (κ2) is 5.40. The lowest BCUT2D eigenvalue weighted by Crippen LogP contribution is -2.58. The summed E-state index contributed by atoms with van der Waals surface area (Å²) in [5.41, 5.74) is -3.05. The zero-order valence-corrected chi connectivity index (χ0v) is 13.0. The molecule has 2 amide bonds. The number of imide groups is 1. The van der Waals surface area contributed by atoms with Crippen LogP contribution in [0.25, 0.3) is 0 Å². The Morgan fingerprint density at radius 1 is 1.32 bits per heavy atom. The van der Waals surface area contributed by atoms with Gasteiger partial charge in [-0.05, 0) is 40.7 Å². The van der Waals surface area contributed by atoms with Crippen molar-refractivity contribution in [2.75, 3.05) is 6.54 Å². The van der Waals surface area contributed by atoms with Gasteiger partial charge in [-0.1, -0.05) is 0 Å². The number of amides is 2. The predicted octanol–water partition coefficient (Wildman–Crippen LogP) is 2.10. The van der Waals surface area contributed by atoms with Crippen molar-refractivity contribution in [1.82, 2.24) is 10.2 Å². The van der Waals surface area contributed by atoms with Gasteiger partial charge in [0, 0.05) is 0 Å². The van der Waals surface area contributed by atoms with E-state index in [2.05, 4.69) is 5.32 Å². The number of rotatable bonds is 0. The predicted molar refractivity (Wildman–Crippen MR) is 72.3 cm³/mol. The average Bonchev–Trinajstić information content (AvgIpc) is 2.56. The van der Waals surface area contributed by atoms with Crippen LogP contribution in [-0.2, 0) is 9.53 Å². The van der Waals surface area contributed by atoms with Gasteiger partial charge in [-0.15, -0.1) is 0 Å². The zero-order valence-electron chi connectivity index (χ0n) is 13.0. The van der Waals surface area contributed by atoms with Crippen LogP contribution >= 0.6 is 0 Å². The van der Waals surface area contributed by atoms with E-state index >= 15 is 0 Å². The molecule has 0 bridgehead atoms. The van der Waals surface area contributed by atoms with E-state index in [1.54, 1.807) is 20.8 Å². The van der Waals surface area contributed by atoms with E-state index in [4.69, 9.17) is 4.74 Å². The van der Waals surface area contributed by atoms with Crippen molar-refractivity contribution in [2.45, 2.75) is 64.4 Å². The molecule has 0 aromatic carbocycles. The molecule has 0 aliphatic carbocycles. The average molecular weight is 322 g/mol. The lowest BCUT2D eigenvalue weighted by molar-refractivity contribution is -0.146. The lowest BCUT2D eigenvalue weighted by atomic mass is 9.73. The van der Waals surface area contributed by atoms with Crippen LogP contribution in [0.3, 0.4) is 0 Å². The number of piperidine rings is 1. The number of carbonyl (C=O) groups excluding carboxylic acids is 2. The first-order valence-corrected chi connectivity index (χ1v) is 7.24. The molecule has 0 radical (unpaired) electrons. The van der Waals surface area contributed by atoms with Gasteiger partial charge >= 0.3 is 6.09 Å². The largest absolute Gasteiger partial charge is 0.443 e. The molecule has 8 heteroatoms. The fourth-order valence-corrected chi connectivity index (χ4v) is 3.08. The normalized spacial score (nSPS) is 39.4. The molecular weight excluding hydrogens is 301 g/mol. The number of hydrogen-bond donors (Lipinski definition) is 1. The molecule has 2 fully saturated rings. The fourth-order valence-electron chi connectivity index (χ4n) is 3.08. The minimum atomic E-state index is -2.35. The Balaban J connectivity index is 2.33.